The molecule has 1 aromatic carbocycles. The molecule has 0 aliphatic heterocycles. The number of benzene rings is 1. The van der Waals surface area contributed by atoms with Gasteiger partial charge >= 0.3 is 0 Å². The molecule has 0 spiro atoms. The van der Waals surface area contributed by atoms with Gasteiger partial charge in [-0.25, -0.2) is 0 Å². The van der Waals surface area contributed by atoms with Gasteiger partial charge in [-0.05, 0) is 5.56 Å². The van der Waals surface area contributed by atoms with Crippen LogP contribution in [0.1, 0.15) is 5.56 Å². The molecule has 20 heavy (non-hydrogen) atoms. The predicted molar refractivity (Wildman–Crippen MR) is 64.3 cm³/mol. The van der Waals surface area contributed by atoms with E-state index in [0.29, 0.717) is 0 Å². The second-order valence-electron chi connectivity index (χ2n) is 1.67. The molecule has 0 aromatic heterocycles. The van der Waals surface area contributed by atoms with Crippen molar-refractivity contribution in [1.29, 1.82) is 0 Å². The monoisotopic (exact) mass is 312 g/mol. The van der Waals surface area contributed by atoms with E-state index in [0.717, 1.165) is 5.56 Å². The molecule has 0 atom stereocenters. The first-order valence-electron chi connectivity index (χ1n) is 3.79. The average Bonchev–Trinajstić information content (AvgIpc) is 2.58. The molecule has 0 heterocycles. The van der Waals surface area contributed by atoms with Crippen LogP contribution in [0.2, 0.25) is 0 Å². The van der Waals surface area contributed by atoms with Gasteiger partial charge in [-0.2, -0.15) is 0 Å². The van der Waals surface area contributed by atoms with Gasteiger partial charge in [-0.15, -0.1) is 0 Å². The van der Waals surface area contributed by atoms with Crippen molar-refractivity contribution in [3.8, 4) is 0 Å². The number of methoxy groups -OCH3 is 1. The van der Waals surface area contributed by atoms with Gasteiger partial charge in [0, 0.05) is 24.5 Å². The summed E-state index contributed by atoms with van der Waals surface area (Å²) in [6.07, 6.45) is 0. The van der Waals surface area contributed by atoms with Gasteiger partial charge in [-0.1, -0.05) is 30.3 Å². The molecule has 1 aromatic rings. The molecule has 6 nitrogen and oxygen atoms in total. The molecule has 7 heteroatoms. The molecule has 102 valence electrons. The van der Waals surface area contributed by atoms with Crippen LogP contribution in [0.5, 0.6) is 0 Å². The fourth-order valence-corrected chi connectivity index (χ4v) is 0.624. The Kier molecular flexibility index (Phi) is 122. The van der Waals surface area contributed by atoms with E-state index in [1.807, 2.05) is 30.3 Å². The summed E-state index contributed by atoms with van der Waals surface area (Å²) in [6, 6.07) is 9.72. The van der Waals surface area contributed by atoms with E-state index in [2.05, 4.69) is 45.3 Å². The van der Waals surface area contributed by atoms with E-state index in [-0.39, 0.29) is 17.4 Å². The summed E-state index contributed by atoms with van der Waals surface area (Å²) in [7, 11) is 1.59. The Bertz CT molecular complexity index is 224. The van der Waals surface area contributed by atoms with E-state index >= 15 is 0 Å². The fourth-order valence-electron chi connectivity index (χ4n) is 0.624. The molecule has 0 aliphatic carbocycles. The zero-order chi connectivity index (χ0) is 16.5. The van der Waals surface area contributed by atoms with Gasteiger partial charge in [0.25, 0.3) is 33.9 Å². The largest absolute Gasteiger partial charge is 0.366 e. The van der Waals surface area contributed by atoms with Gasteiger partial charge in [0.1, 0.15) is 0 Å². The van der Waals surface area contributed by atoms with Crippen molar-refractivity contribution < 1.29 is 46.1 Å². The second kappa shape index (κ2) is 67.7. The van der Waals surface area contributed by atoms with Crippen molar-refractivity contribution in [1.82, 2.24) is 0 Å². The molecule has 0 bridgehead atoms. The molecular formula is C13H8CrO6. The molecule has 0 fully saturated rings. The van der Waals surface area contributed by atoms with E-state index in [9.17, 15) is 0 Å². The zero-order valence-electron chi connectivity index (χ0n) is 10.2. The number of ether oxygens (including phenoxy) is 1. The number of rotatable bonds is 2. The minimum absolute atomic E-state index is 0. The van der Waals surface area contributed by atoms with Crippen molar-refractivity contribution in [3.63, 3.8) is 0 Å². The Morgan fingerprint density at radius 2 is 1.05 bits per heavy atom. The third kappa shape index (κ3) is 44.4. The third-order valence-corrected chi connectivity index (χ3v) is 0.994. The molecule has 0 saturated carbocycles. The number of hydrogen-bond donors (Lipinski definition) is 0. The minimum Gasteiger partial charge on any atom is -0.366 e. The Morgan fingerprint density at radius 1 is 0.750 bits per heavy atom. The van der Waals surface area contributed by atoms with Crippen LogP contribution in [0.3, 0.4) is 0 Å². The molecular weight excluding hydrogens is 304 g/mol. The Morgan fingerprint density at radius 3 is 1.30 bits per heavy atom. The number of hydrogen-bond acceptors (Lipinski definition) is 6. The van der Waals surface area contributed by atoms with Crippen LogP contribution in [0.25, 0.3) is 0 Å². The normalized spacial score (nSPS) is 5.25. The van der Waals surface area contributed by atoms with Crippen LogP contribution >= 0.6 is 0 Å². The summed E-state index contributed by atoms with van der Waals surface area (Å²) in [4.78, 5) is 37.5. The summed E-state index contributed by atoms with van der Waals surface area (Å²) in [5, 5.41) is 0. The van der Waals surface area contributed by atoms with Crippen molar-refractivity contribution in [2.24, 2.45) is 0 Å². The molecule has 0 aliphatic rings. The van der Waals surface area contributed by atoms with E-state index in [1.165, 1.54) is 0 Å². The standard InChI is InChI=1S/C8H8O.5CO.Cr/c1-9-7-8-5-3-2-4-6-8;5*1-2;/h2-6H,1H3;;;;;;. The Balaban J connectivity index is -0.0000000384. The number of carbonyl (C=O) groups excluding carboxylic acids is 5. The van der Waals surface area contributed by atoms with E-state index in [4.69, 9.17) is 24.0 Å². The van der Waals surface area contributed by atoms with Crippen LogP contribution in [0.4, 0.5) is 0 Å². The van der Waals surface area contributed by atoms with Crippen molar-refractivity contribution in [2.45, 2.75) is 0 Å². The molecule has 12 radical (unpaired) electrons. The van der Waals surface area contributed by atoms with Gasteiger partial charge in [0.15, 0.2) is 6.61 Å². The quantitative estimate of drug-likeness (QED) is 0.746. The summed E-state index contributed by atoms with van der Waals surface area (Å²) in [5.74, 6) is 0. The van der Waals surface area contributed by atoms with Crippen molar-refractivity contribution >= 4 is 33.9 Å². The van der Waals surface area contributed by atoms with Gasteiger partial charge < -0.3 is 4.74 Å². The first-order valence-corrected chi connectivity index (χ1v) is 3.79. The first kappa shape index (κ1) is 36.1. The molecule has 0 unspecified atom stereocenters. The van der Waals surface area contributed by atoms with Gasteiger partial charge in [-0.3, -0.25) is 24.0 Å². The van der Waals surface area contributed by atoms with Crippen LogP contribution in [0.15, 0.2) is 30.3 Å². The minimum atomic E-state index is 0. The first-order chi connectivity index (χ1) is 9.43. The van der Waals surface area contributed by atoms with Crippen molar-refractivity contribution in [3.05, 3.63) is 42.5 Å². The average molecular weight is 312 g/mol. The van der Waals surface area contributed by atoms with Gasteiger partial charge in [0.05, 0.1) is 0 Å². The summed E-state index contributed by atoms with van der Waals surface area (Å²) >= 11 is 0. The molecule has 0 saturated heterocycles. The van der Waals surface area contributed by atoms with Gasteiger partial charge in [0.2, 0.25) is 0 Å². The third-order valence-electron chi connectivity index (χ3n) is 0.994. The maximum atomic E-state index is 7.50. The van der Waals surface area contributed by atoms with E-state index < -0.39 is 0 Å². The fraction of sp³-hybridized carbons (Fsp3) is 0.0769. The maximum Gasteiger partial charge on any atom is 0.281 e. The molecule has 0 N–H and O–H groups in total. The summed E-state index contributed by atoms with van der Waals surface area (Å²) in [6.45, 7) is 25.2. The Hall–Kier alpha value is -1.94. The Labute approximate surface area is 130 Å². The summed E-state index contributed by atoms with van der Waals surface area (Å²) < 4.78 is 4.68. The maximum absolute atomic E-state index is 7.50. The summed E-state index contributed by atoms with van der Waals surface area (Å²) in [5.41, 5.74) is 0.972. The van der Waals surface area contributed by atoms with E-state index in [1.54, 1.807) is 7.11 Å². The van der Waals surface area contributed by atoms with Crippen LogP contribution < -0.4 is 0 Å². The SMILES string of the molecule is CO[C]c1ccccc1.[C]=O.[C]=O.[C]=O.[C]=O.[C]=O.[Cr]. The van der Waals surface area contributed by atoms with Crippen LogP contribution in [0, 0.1) is 6.61 Å². The zero-order valence-corrected chi connectivity index (χ0v) is 11.5. The van der Waals surface area contributed by atoms with Crippen LogP contribution in [-0.2, 0) is 46.1 Å². The topological polar surface area (TPSA) is 94.6 Å². The molecule has 1 rings (SSSR count). The second-order valence-corrected chi connectivity index (χ2v) is 1.67. The smallest absolute Gasteiger partial charge is 0.281 e. The van der Waals surface area contributed by atoms with Crippen LogP contribution in [-0.4, -0.2) is 41.1 Å². The predicted octanol–water partition coefficient (Wildman–Crippen LogP) is -0.268. The van der Waals surface area contributed by atoms with Crippen molar-refractivity contribution in [2.75, 3.05) is 7.11 Å². The molecule has 0 amide bonds.